The van der Waals surface area contributed by atoms with Gasteiger partial charge < -0.3 is 0 Å². The van der Waals surface area contributed by atoms with Crippen LogP contribution in [0, 0.1) is 0 Å². The number of hydrogen-bond acceptors (Lipinski definition) is 2. The third kappa shape index (κ3) is 3.24. The average Bonchev–Trinajstić information content (AvgIpc) is 3.45. The summed E-state index contributed by atoms with van der Waals surface area (Å²) in [4.78, 5) is 4.91. The maximum atomic E-state index is 4.91. The fraction of sp³-hybridized carbons (Fsp3) is 0.300. The third-order valence-corrected chi connectivity index (χ3v) is 8.36. The van der Waals surface area contributed by atoms with E-state index in [-0.39, 0.29) is 5.41 Å². The molecule has 2 heteroatoms. The molecule has 1 aliphatic rings. The van der Waals surface area contributed by atoms with Gasteiger partial charge in [-0.1, -0.05) is 70.0 Å². The van der Waals surface area contributed by atoms with Gasteiger partial charge in [0.2, 0.25) is 0 Å². The van der Waals surface area contributed by atoms with Crippen molar-refractivity contribution in [1.82, 2.24) is 4.98 Å². The highest BCUT2D eigenvalue weighted by molar-refractivity contribution is 7.26. The lowest BCUT2D eigenvalue weighted by atomic mass is 9.82. The number of thiophene rings is 1. The van der Waals surface area contributed by atoms with Crippen LogP contribution in [0.15, 0.2) is 66.9 Å². The molecular weight excluding hydrogens is 406 g/mol. The van der Waals surface area contributed by atoms with Crippen LogP contribution in [0.25, 0.3) is 42.2 Å². The molecule has 1 saturated carbocycles. The molecule has 1 fully saturated rings. The normalized spacial score (nSPS) is 15.3. The molecule has 3 aromatic carbocycles. The van der Waals surface area contributed by atoms with Crippen molar-refractivity contribution in [3.63, 3.8) is 0 Å². The zero-order valence-corrected chi connectivity index (χ0v) is 19.9. The van der Waals surface area contributed by atoms with Crippen molar-refractivity contribution in [1.29, 1.82) is 0 Å². The van der Waals surface area contributed by atoms with E-state index in [0.29, 0.717) is 0 Å². The van der Waals surface area contributed by atoms with Crippen molar-refractivity contribution >= 4 is 42.3 Å². The fourth-order valence-electron chi connectivity index (χ4n) is 5.51. The Balaban J connectivity index is 1.58. The third-order valence-electron chi connectivity index (χ3n) is 7.18. The summed E-state index contributed by atoms with van der Waals surface area (Å²) in [5.74, 6) is 0.747. The molecule has 5 aromatic rings. The number of benzene rings is 3. The average molecular weight is 436 g/mol. The van der Waals surface area contributed by atoms with Gasteiger partial charge in [-0.05, 0) is 70.3 Å². The van der Waals surface area contributed by atoms with E-state index in [1.165, 1.54) is 73.3 Å². The molecule has 2 heterocycles. The lowest BCUT2D eigenvalue weighted by molar-refractivity contribution is 0.596. The summed E-state index contributed by atoms with van der Waals surface area (Å²) in [6.07, 6.45) is 7.43. The van der Waals surface area contributed by atoms with Crippen LogP contribution in [0.1, 0.15) is 63.5 Å². The van der Waals surface area contributed by atoms with E-state index in [1.54, 1.807) is 0 Å². The van der Waals surface area contributed by atoms with Gasteiger partial charge in [-0.2, -0.15) is 0 Å². The van der Waals surface area contributed by atoms with Crippen LogP contribution >= 0.6 is 11.3 Å². The summed E-state index contributed by atoms with van der Waals surface area (Å²) in [5.41, 5.74) is 5.31. The van der Waals surface area contributed by atoms with Gasteiger partial charge in [-0.25, -0.2) is 0 Å². The van der Waals surface area contributed by atoms with Gasteiger partial charge in [0.25, 0.3) is 0 Å². The Labute approximate surface area is 194 Å². The smallest absolute Gasteiger partial charge is 0.0880 e. The molecule has 160 valence electrons. The van der Waals surface area contributed by atoms with E-state index >= 15 is 0 Å². The Kier molecular flexibility index (Phi) is 4.62. The molecule has 0 unspecified atom stereocenters. The molecular formula is C30H29NS. The molecule has 0 spiro atoms. The number of aromatic nitrogens is 1. The maximum absolute atomic E-state index is 4.91. The van der Waals surface area contributed by atoms with Crippen molar-refractivity contribution in [3.8, 4) is 11.3 Å². The molecule has 32 heavy (non-hydrogen) atoms. The summed E-state index contributed by atoms with van der Waals surface area (Å²) in [6, 6.07) is 22.8. The first-order chi connectivity index (χ1) is 15.5. The van der Waals surface area contributed by atoms with Gasteiger partial charge in [0.1, 0.15) is 0 Å². The highest BCUT2D eigenvalue weighted by Gasteiger charge is 2.21. The Morgan fingerprint density at radius 3 is 2.47 bits per heavy atom. The zero-order valence-electron chi connectivity index (χ0n) is 19.1. The minimum atomic E-state index is 0.0693. The quantitative estimate of drug-likeness (QED) is 0.269. The lowest BCUT2D eigenvalue weighted by Gasteiger charge is -2.22. The topological polar surface area (TPSA) is 12.9 Å². The van der Waals surface area contributed by atoms with Gasteiger partial charge >= 0.3 is 0 Å². The van der Waals surface area contributed by atoms with Gasteiger partial charge in [-0.3, -0.25) is 4.98 Å². The molecule has 0 saturated heterocycles. The molecule has 0 radical (unpaired) electrons. The van der Waals surface area contributed by atoms with E-state index in [2.05, 4.69) is 81.4 Å². The Morgan fingerprint density at radius 2 is 1.66 bits per heavy atom. The van der Waals surface area contributed by atoms with Crippen LogP contribution in [0.3, 0.4) is 0 Å². The second-order valence-corrected chi connectivity index (χ2v) is 11.4. The zero-order chi connectivity index (χ0) is 21.9. The Morgan fingerprint density at radius 1 is 0.844 bits per heavy atom. The van der Waals surface area contributed by atoms with Crippen LogP contribution < -0.4 is 0 Å². The van der Waals surface area contributed by atoms with Crippen LogP contribution in [0.4, 0.5) is 0 Å². The van der Waals surface area contributed by atoms with E-state index in [9.17, 15) is 0 Å². The molecule has 0 amide bonds. The summed E-state index contributed by atoms with van der Waals surface area (Å²) in [7, 11) is 0. The largest absolute Gasteiger partial charge is 0.255 e. The van der Waals surface area contributed by atoms with Crippen molar-refractivity contribution in [3.05, 3.63) is 78.0 Å². The summed E-state index contributed by atoms with van der Waals surface area (Å²) in [5, 5.41) is 5.33. The van der Waals surface area contributed by atoms with Crippen molar-refractivity contribution in [2.24, 2.45) is 0 Å². The first-order valence-electron chi connectivity index (χ1n) is 11.8. The predicted molar refractivity (Wildman–Crippen MR) is 140 cm³/mol. The molecule has 0 atom stereocenters. The SMILES string of the molecule is CC(C)(C)c1cc(-c2nccc3c2sc2cc(C4CCCC4)ccc23)cc2ccccc12. The summed E-state index contributed by atoms with van der Waals surface area (Å²) >= 11 is 1.91. The highest BCUT2D eigenvalue weighted by Crippen LogP contribution is 2.43. The van der Waals surface area contributed by atoms with E-state index in [1.807, 2.05) is 17.5 Å². The molecule has 0 N–H and O–H groups in total. The summed E-state index contributed by atoms with van der Waals surface area (Å²) < 4.78 is 2.71. The van der Waals surface area contributed by atoms with Gasteiger partial charge in [0.05, 0.1) is 10.4 Å². The van der Waals surface area contributed by atoms with E-state index in [4.69, 9.17) is 4.98 Å². The van der Waals surface area contributed by atoms with Crippen LogP contribution in [-0.2, 0) is 5.41 Å². The predicted octanol–water partition coefficient (Wildman–Crippen LogP) is 9.22. The van der Waals surface area contributed by atoms with Crippen LogP contribution in [-0.4, -0.2) is 4.98 Å². The fourth-order valence-corrected chi connectivity index (χ4v) is 6.76. The molecule has 0 bridgehead atoms. The number of nitrogens with zero attached hydrogens (tertiary/aromatic N) is 1. The molecule has 1 aliphatic carbocycles. The second kappa shape index (κ2) is 7.42. The molecule has 2 aromatic heterocycles. The highest BCUT2D eigenvalue weighted by atomic mass is 32.1. The number of pyridine rings is 1. The monoisotopic (exact) mass is 435 g/mol. The lowest BCUT2D eigenvalue weighted by Crippen LogP contribution is -2.12. The maximum Gasteiger partial charge on any atom is 0.0880 e. The number of fused-ring (bicyclic) bond motifs is 4. The van der Waals surface area contributed by atoms with Crippen molar-refractivity contribution in [2.45, 2.75) is 57.8 Å². The Hall–Kier alpha value is -2.71. The standard InChI is InChI=1S/C30H29NS/c1-30(2,3)26-17-22(16-21-10-6-7-11-23(21)26)28-29-25(14-15-31-28)24-13-12-20(18-27(24)32-29)19-8-4-5-9-19/h6-7,10-19H,4-5,8-9H2,1-3H3. The first kappa shape index (κ1) is 19.9. The first-order valence-corrected chi connectivity index (χ1v) is 12.7. The molecule has 1 nitrogen and oxygen atoms in total. The minimum absolute atomic E-state index is 0.0693. The second-order valence-electron chi connectivity index (χ2n) is 10.4. The van der Waals surface area contributed by atoms with Crippen molar-refractivity contribution in [2.75, 3.05) is 0 Å². The van der Waals surface area contributed by atoms with Crippen LogP contribution in [0.2, 0.25) is 0 Å². The van der Waals surface area contributed by atoms with Gasteiger partial charge in [0.15, 0.2) is 0 Å². The minimum Gasteiger partial charge on any atom is -0.255 e. The van der Waals surface area contributed by atoms with E-state index < -0.39 is 0 Å². The molecule has 6 rings (SSSR count). The van der Waals surface area contributed by atoms with Gasteiger partial charge in [-0.15, -0.1) is 11.3 Å². The number of rotatable bonds is 2. The van der Waals surface area contributed by atoms with Gasteiger partial charge in [0, 0.05) is 27.2 Å². The Bertz CT molecular complexity index is 1460. The molecule has 0 aliphatic heterocycles. The summed E-state index contributed by atoms with van der Waals surface area (Å²) in [6.45, 7) is 6.91. The van der Waals surface area contributed by atoms with Crippen LogP contribution in [0.5, 0.6) is 0 Å². The van der Waals surface area contributed by atoms with E-state index in [0.717, 1.165) is 11.6 Å². The van der Waals surface area contributed by atoms with Crippen molar-refractivity contribution < 1.29 is 0 Å². The number of hydrogen-bond donors (Lipinski definition) is 0.